The first-order valence-electron chi connectivity index (χ1n) is 5.68. The average molecular weight is 284 g/mol. The number of ether oxygens (including phenoxy) is 1. The number of fused-ring (bicyclic) bond motifs is 1. The molecule has 0 aliphatic rings. The molecule has 2 aromatic heterocycles. The van der Waals surface area contributed by atoms with Crippen LogP contribution in [-0.4, -0.2) is 31.3 Å². The minimum atomic E-state index is -0.537. The van der Waals surface area contributed by atoms with E-state index in [-0.39, 0.29) is 11.7 Å². The Morgan fingerprint density at radius 2 is 2.21 bits per heavy atom. The summed E-state index contributed by atoms with van der Waals surface area (Å²) in [6.45, 7) is 5.58. The Balaban J connectivity index is 2.07. The first-order valence-corrected chi connectivity index (χ1v) is 6.05. The third-order valence-corrected chi connectivity index (χ3v) is 2.41. The number of alkyl carbamates (subject to hydrolysis) is 1. The van der Waals surface area contributed by atoms with E-state index in [0.29, 0.717) is 11.5 Å². The third kappa shape index (κ3) is 3.31. The largest absolute Gasteiger partial charge is 0.444 e. The Hall–Kier alpha value is -1.89. The fourth-order valence-electron chi connectivity index (χ4n) is 1.43. The van der Waals surface area contributed by atoms with Crippen LogP contribution in [0.1, 0.15) is 26.6 Å². The second-order valence-corrected chi connectivity index (χ2v) is 5.24. The number of aromatic nitrogens is 4. The van der Waals surface area contributed by atoms with Gasteiger partial charge in [-0.1, -0.05) is 11.6 Å². The summed E-state index contributed by atoms with van der Waals surface area (Å²) in [6, 6.07) is 0. The standard InChI is InChI=1S/C11H14ClN5O2/c1-11(2,3)19-10(18)14-6-7-15-16-9-8(12)13-4-5-17(7)9/h4-5H,6H2,1-3H3,(H,14,18). The topological polar surface area (TPSA) is 81.4 Å². The van der Waals surface area contributed by atoms with Crippen LogP contribution in [0.2, 0.25) is 5.15 Å². The summed E-state index contributed by atoms with van der Waals surface area (Å²) in [7, 11) is 0. The zero-order valence-electron chi connectivity index (χ0n) is 10.8. The second-order valence-electron chi connectivity index (χ2n) is 4.88. The van der Waals surface area contributed by atoms with E-state index < -0.39 is 11.7 Å². The second kappa shape index (κ2) is 5.00. The Labute approximate surface area is 114 Å². The average Bonchev–Trinajstić information content (AvgIpc) is 2.69. The van der Waals surface area contributed by atoms with Gasteiger partial charge in [0.2, 0.25) is 0 Å². The molecule has 0 bridgehead atoms. The fourth-order valence-corrected chi connectivity index (χ4v) is 1.62. The summed E-state index contributed by atoms with van der Waals surface area (Å²) in [5, 5.41) is 10.7. The van der Waals surface area contributed by atoms with Gasteiger partial charge in [-0.05, 0) is 20.8 Å². The van der Waals surface area contributed by atoms with E-state index in [1.54, 1.807) is 31.4 Å². The molecule has 0 aromatic carbocycles. The van der Waals surface area contributed by atoms with Crippen LogP contribution in [-0.2, 0) is 11.3 Å². The fraction of sp³-hybridized carbons (Fsp3) is 0.455. The van der Waals surface area contributed by atoms with Crippen molar-refractivity contribution in [1.29, 1.82) is 0 Å². The van der Waals surface area contributed by atoms with Crippen LogP contribution in [0.25, 0.3) is 5.65 Å². The lowest BCUT2D eigenvalue weighted by Gasteiger charge is -2.19. The van der Waals surface area contributed by atoms with Crippen molar-refractivity contribution in [2.45, 2.75) is 32.9 Å². The highest BCUT2D eigenvalue weighted by Gasteiger charge is 2.16. The number of halogens is 1. The maximum absolute atomic E-state index is 11.5. The van der Waals surface area contributed by atoms with Crippen LogP contribution in [0.15, 0.2) is 12.4 Å². The van der Waals surface area contributed by atoms with Crippen molar-refractivity contribution in [2.75, 3.05) is 0 Å². The molecule has 2 aromatic rings. The molecular weight excluding hydrogens is 270 g/mol. The minimum Gasteiger partial charge on any atom is -0.444 e. The molecule has 0 atom stereocenters. The van der Waals surface area contributed by atoms with Crippen molar-refractivity contribution in [3.63, 3.8) is 0 Å². The van der Waals surface area contributed by atoms with Crippen LogP contribution >= 0.6 is 11.6 Å². The molecule has 2 heterocycles. The molecule has 0 aliphatic carbocycles. The molecule has 0 saturated heterocycles. The van der Waals surface area contributed by atoms with Gasteiger partial charge >= 0.3 is 6.09 Å². The van der Waals surface area contributed by atoms with E-state index in [0.717, 1.165) is 0 Å². The van der Waals surface area contributed by atoms with Crippen molar-refractivity contribution in [3.05, 3.63) is 23.4 Å². The van der Waals surface area contributed by atoms with Crippen LogP contribution < -0.4 is 5.32 Å². The van der Waals surface area contributed by atoms with Gasteiger partial charge in [-0.3, -0.25) is 4.40 Å². The van der Waals surface area contributed by atoms with Crippen LogP contribution in [0, 0.1) is 0 Å². The highest BCUT2D eigenvalue weighted by Crippen LogP contribution is 2.12. The quantitative estimate of drug-likeness (QED) is 0.909. The summed E-state index contributed by atoms with van der Waals surface area (Å²) in [5.74, 6) is 0.546. The van der Waals surface area contributed by atoms with Gasteiger partial charge in [-0.15, -0.1) is 10.2 Å². The number of carbonyl (C=O) groups is 1. The van der Waals surface area contributed by atoms with Gasteiger partial charge in [0.1, 0.15) is 5.60 Å². The summed E-state index contributed by atoms with van der Waals surface area (Å²) in [4.78, 5) is 15.4. The van der Waals surface area contributed by atoms with Crippen molar-refractivity contribution >= 4 is 23.3 Å². The highest BCUT2D eigenvalue weighted by atomic mass is 35.5. The highest BCUT2D eigenvalue weighted by molar-refractivity contribution is 6.32. The molecule has 0 fully saturated rings. The van der Waals surface area contributed by atoms with E-state index >= 15 is 0 Å². The first-order chi connectivity index (χ1) is 8.87. The maximum atomic E-state index is 11.5. The molecule has 0 aliphatic heterocycles. The van der Waals surface area contributed by atoms with Gasteiger partial charge in [0.25, 0.3) is 0 Å². The van der Waals surface area contributed by atoms with E-state index in [9.17, 15) is 4.79 Å². The van der Waals surface area contributed by atoms with Crippen LogP contribution in [0.5, 0.6) is 0 Å². The number of carbonyl (C=O) groups excluding carboxylic acids is 1. The van der Waals surface area contributed by atoms with Gasteiger partial charge in [-0.25, -0.2) is 9.78 Å². The van der Waals surface area contributed by atoms with Crippen molar-refractivity contribution in [3.8, 4) is 0 Å². The van der Waals surface area contributed by atoms with E-state index in [2.05, 4.69) is 20.5 Å². The minimum absolute atomic E-state index is 0.191. The maximum Gasteiger partial charge on any atom is 0.408 e. The number of rotatable bonds is 2. The smallest absolute Gasteiger partial charge is 0.408 e. The van der Waals surface area contributed by atoms with Crippen LogP contribution in [0.4, 0.5) is 4.79 Å². The molecule has 102 valence electrons. The molecule has 0 radical (unpaired) electrons. The molecule has 1 amide bonds. The Morgan fingerprint density at radius 3 is 2.89 bits per heavy atom. The molecular formula is C11H14ClN5O2. The van der Waals surface area contributed by atoms with E-state index in [4.69, 9.17) is 16.3 Å². The molecule has 7 nitrogen and oxygen atoms in total. The Bertz CT molecular complexity index is 605. The van der Waals surface area contributed by atoms with Gasteiger partial charge in [-0.2, -0.15) is 0 Å². The molecule has 0 spiro atoms. The predicted molar refractivity (Wildman–Crippen MR) is 68.9 cm³/mol. The van der Waals surface area contributed by atoms with E-state index in [1.165, 1.54) is 6.20 Å². The molecule has 1 N–H and O–H groups in total. The van der Waals surface area contributed by atoms with Gasteiger partial charge in [0, 0.05) is 12.4 Å². The molecule has 0 unspecified atom stereocenters. The van der Waals surface area contributed by atoms with Gasteiger partial charge < -0.3 is 10.1 Å². The number of hydrogen-bond donors (Lipinski definition) is 1. The normalized spacial score (nSPS) is 11.6. The Kier molecular flexibility index (Phi) is 3.57. The molecule has 2 rings (SSSR count). The summed E-state index contributed by atoms with van der Waals surface area (Å²) in [5.41, 5.74) is -0.0883. The Morgan fingerprint density at radius 1 is 1.47 bits per heavy atom. The summed E-state index contributed by atoms with van der Waals surface area (Å²) < 4.78 is 6.79. The third-order valence-electron chi connectivity index (χ3n) is 2.14. The van der Waals surface area contributed by atoms with Gasteiger partial charge in [0.15, 0.2) is 16.6 Å². The summed E-state index contributed by atoms with van der Waals surface area (Å²) >= 11 is 5.87. The lowest BCUT2D eigenvalue weighted by molar-refractivity contribution is 0.0522. The molecule has 0 saturated carbocycles. The number of nitrogens with zero attached hydrogens (tertiary/aromatic N) is 4. The SMILES string of the molecule is CC(C)(C)OC(=O)NCc1nnc2c(Cl)nccn12. The zero-order chi connectivity index (χ0) is 14.0. The monoisotopic (exact) mass is 283 g/mol. The zero-order valence-corrected chi connectivity index (χ0v) is 11.6. The van der Waals surface area contributed by atoms with Crippen molar-refractivity contribution < 1.29 is 9.53 Å². The molecule has 8 heteroatoms. The van der Waals surface area contributed by atoms with Crippen LogP contribution in [0.3, 0.4) is 0 Å². The predicted octanol–water partition coefficient (Wildman–Crippen LogP) is 1.80. The molecule has 19 heavy (non-hydrogen) atoms. The van der Waals surface area contributed by atoms with Gasteiger partial charge in [0.05, 0.1) is 6.54 Å². The lowest BCUT2D eigenvalue weighted by atomic mass is 10.2. The van der Waals surface area contributed by atoms with Crippen molar-refractivity contribution in [2.24, 2.45) is 0 Å². The first kappa shape index (κ1) is 13.5. The number of nitrogens with one attached hydrogen (secondary N) is 1. The summed E-state index contributed by atoms with van der Waals surface area (Å²) in [6.07, 6.45) is 2.70. The number of amides is 1. The van der Waals surface area contributed by atoms with Crippen molar-refractivity contribution in [1.82, 2.24) is 24.9 Å². The van der Waals surface area contributed by atoms with E-state index in [1.807, 2.05) is 0 Å². The lowest BCUT2D eigenvalue weighted by Crippen LogP contribution is -2.32. The number of hydrogen-bond acceptors (Lipinski definition) is 5.